The Hall–Kier alpha value is -1.36. The molecule has 1 aliphatic rings. The normalized spacial score (nSPS) is 24.4. The van der Waals surface area contributed by atoms with Crippen molar-refractivity contribution < 1.29 is 4.79 Å². The van der Waals surface area contributed by atoms with Crippen molar-refractivity contribution in [2.45, 2.75) is 26.3 Å². The van der Waals surface area contributed by atoms with E-state index in [4.69, 9.17) is 5.73 Å². The van der Waals surface area contributed by atoms with Gasteiger partial charge in [-0.15, -0.1) is 0 Å². The fourth-order valence-electron chi connectivity index (χ4n) is 2.41. The summed E-state index contributed by atoms with van der Waals surface area (Å²) in [6, 6.07) is 2.10. The molecule has 2 atom stereocenters. The highest BCUT2D eigenvalue weighted by Gasteiger charge is 2.33. The van der Waals surface area contributed by atoms with Crippen LogP contribution in [-0.4, -0.2) is 39.7 Å². The predicted molar refractivity (Wildman–Crippen MR) is 65.6 cm³/mol. The van der Waals surface area contributed by atoms with Gasteiger partial charge in [-0.25, -0.2) is 0 Å². The van der Waals surface area contributed by atoms with Crippen LogP contribution in [0.3, 0.4) is 0 Å². The molecule has 0 saturated carbocycles. The molecule has 5 heteroatoms. The molecule has 5 nitrogen and oxygen atoms in total. The van der Waals surface area contributed by atoms with Crippen LogP contribution in [0.4, 0.5) is 0 Å². The number of nitrogens with two attached hydrogens (primary N) is 1. The van der Waals surface area contributed by atoms with Gasteiger partial charge in [-0.1, -0.05) is 0 Å². The van der Waals surface area contributed by atoms with Crippen molar-refractivity contribution in [2.24, 2.45) is 18.7 Å². The second kappa shape index (κ2) is 4.49. The summed E-state index contributed by atoms with van der Waals surface area (Å²) in [6.45, 7) is 5.42. The van der Waals surface area contributed by atoms with E-state index < -0.39 is 0 Å². The van der Waals surface area contributed by atoms with E-state index in [0.717, 1.165) is 18.7 Å². The highest BCUT2D eigenvalue weighted by atomic mass is 16.2. The van der Waals surface area contributed by atoms with Crippen LogP contribution in [0.5, 0.6) is 0 Å². The van der Waals surface area contributed by atoms with Crippen LogP contribution in [0.2, 0.25) is 0 Å². The van der Waals surface area contributed by atoms with Crippen molar-refractivity contribution in [3.63, 3.8) is 0 Å². The predicted octanol–water partition coefficient (Wildman–Crippen LogP) is 0.538. The van der Waals surface area contributed by atoms with Crippen molar-refractivity contribution in [3.05, 3.63) is 17.5 Å². The molecule has 1 aromatic heterocycles. The number of hydrogen-bond acceptors (Lipinski definition) is 3. The SMILES string of the molecule is Cc1cc(C(=O)N2CC(CN)CC2C)nn1C. The second-order valence-corrected chi connectivity index (χ2v) is 4.94. The Balaban J connectivity index is 2.15. The first-order valence-electron chi connectivity index (χ1n) is 6.04. The molecule has 17 heavy (non-hydrogen) atoms. The van der Waals surface area contributed by atoms with Gasteiger partial charge in [0.15, 0.2) is 5.69 Å². The number of amides is 1. The van der Waals surface area contributed by atoms with E-state index in [1.54, 1.807) is 4.68 Å². The zero-order chi connectivity index (χ0) is 12.6. The molecule has 1 aromatic rings. The average molecular weight is 236 g/mol. The van der Waals surface area contributed by atoms with Crippen molar-refractivity contribution in [3.8, 4) is 0 Å². The lowest BCUT2D eigenvalue weighted by Crippen LogP contribution is -2.34. The first kappa shape index (κ1) is 12.1. The molecule has 2 N–H and O–H groups in total. The Kier molecular flexibility index (Phi) is 3.19. The molecule has 1 fully saturated rings. The lowest BCUT2D eigenvalue weighted by Gasteiger charge is -2.20. The van der Waals surface area contributed by atoms with Crippen molar-refractivity contribution in [1.82, 2.24) is 14.7 Å². The minimum atomic E-state index is 0.0251. The number of aryl methyl sites for hydroxylation is 2. The Morgan fingerprint density at radius 1 is 1.65 bits per heavy atom. The summed E-state index contributed by atoms with van der Waals surface area (Å²) in [7, 11) is 1.85. The summed E-state index contributed by atoms with van der Waals surface area (Å²) in [6.07, 6.45) is 0.994. The fraction of sp³-hybridized carbons (Fsp3) is 0.667. The summed E-state index contributed by atoms with van der Waals surface area (Å²) in [5, 5.41) is 4.23. The molecule has 1 amide bonds. The molecule has 94 valence electrons. The van der Waals surface area contributed by atoms with Crippen LogP contribution in [0.15, 0.2) is 6.07 Å². The van der Waals surface area contributed by atoms with Crippen LogP contribution < -0.4 is 5.73 Å². The maximum Gasteiger partial charge on any atom is 0.274 e. The summed E-state index contributed by atoms with van der Waals surface area (Å²) in [5.41, 5.74) is 7.20. The van der Waals surface area contributed by atoms with E-state index in [2.05, 4.69) is 12.0 Å². The standard InChI is InChI=1S/C12H20N4O/c1-8-5-11(14-15(8)3)12(17)16-7-10(6-13)4-9(16)2/h5,9-10H,4,6-7,13H2,1-3H3. The molecule has 0 aromatic carbocycles. The lowest BCUT2D eigenvalue weighted by molar-refractivity contribution is 0.0736. The molecular weight excluding hydrogens is 216 g/mol. The summed E-state index contributed by atoms with van der Waals surface area (Å²) in [5.74, 6) is 0.455. The van der Waals surface area contributed by atoms with Gasteiger partial charge in [0.2, 0.25) is 0 Å². The maximum atomic E-state index is 12.3. The minimum absolute atomic E-state index is 0.0251. The molecule has 0 radical (unpaired) electrons. The molecule has 1 aliphatic heterocycles. The van der Waals surface area contributed by atoms with E-state index in [1.165, 1.54) is 0 Å². The van der Waals surface area contributed by atoms with Crippen molar-refractivity contribution in [2.75, 3.05) is 13.1 Å². The molecule has 2 unspecified atom stereocenters. The van der Waals surface area contributed by atoms with Gasteiger partial charge in [0.1, 0.15) is 0 Å². The number of carbonyl (C=O) groups excluding carboxylic acids is 1. The molecule has 2 rings (SSSR count). The largest absolute Gasteiger partial charge is 0.334 e. The zero-order valence-corrected chi connectivity index (χ0v) is 10.7. The quantitative estimate of drug-likeness (QED) is 0.815. The van der Waals surface area contributed by atoms with E-state index in [0.29, 0.717) is 18.2 Å². The number of nitrogens with zero attached hydrogens (tertiary/aromatic N) is 3. The molecule has 0 aliphatic carbocycles. The molecule has 0 bridgehead atoms. The van der Waals surface area contributed by atoms with Gasteiger partial charge < -0.3 is 10.6 Å². The highest BCUT2D eigenvalue weighted by Crippen LogP contribution is 2.23. The number of likely N-dealkylation sites (tertiary alicyclic amines) is 1. The molecule has 1 saturated heterocycles. The Labute approximate surface area is 102 Å². The first-order valence-corrected chi connectivity index (χ1v) is 6.04. The van der Waals surface area contributed by atoms with E-state index >= 15 is 0 Å². The monoisotopic (exact) mass is 236 g/mol. The van der Waals surface area contributed by atoms with E-state index in [1.807, 2.05) is 24.9 Å². The van der Waals surface area contributed by atoms with Gasteiger partial charge in [-0.05, 0) is 38.8 Å². The van der Waals surface area contributed by atoms with E-state index in [-0.39, 0.29) is 11.9 Å². The second-order valence-electron chi connectivity index (χ2n) is 4.94. The zero-order valence-electron chi connectivity index (χ0n) is 10.7. The fourth-order valence-corrected chi connectivity index (χ4v) is 2.41. The Morgan fingerprint density at radius 2 is 2.35 bits per heavy atom. The number of aromatic nitrogens is 2. The van der Waals surface area contributed by atoms with Crippen molar-refractivity contribution in [1.29, 1.82) is 0 Å². The van der Waals surface area contributed by atoms with Gasteiger partial charge in [0.25, 0.3) is 5.91 Å². The van der Waals surface area contributed by atoms with Gasteiger partial charge in [0.05, 0.1) is 0 Å². The van der Waals surface area contributed by atoms with Gasteiger partial charge in [-0.3, -0.25) is 9.48 Å². The Bertz CT molecular complexity index is 407. The van der Waals surface area contributed by atoms with Crippen molar-refractivity contribution >= 4 is 5.91 Å². The van der Waals surface area contributed by atoms with Gasteiger partial charge in [-0.2, -0.15) is 5.10 Å². The van der Waals surface area contributed by atoms with Gasteiger partial charge >= 0.3 is 0 Å². The minimum Gasteiger partial charge on any atom is -0.334 e. The lowest BCUT2D eigenvalue weighted by atomic mass is 10.1. The van der Waals surface area contributed by atoms with E-state index in [9.17, 15) is 4.79 Å². The number of rotatable bonds is 2. The van der Waals surface area contributed by atoms with Crippen LogP contribution in [0.1, 0.15) is 29.5 Å². The summed E-state index contributed by atoms with van der Waals surface area (Å²) in [4.78, 5) is 14.2. The van der Waals surface area contributed by atoms with Crippen LogP contribution in [-0.2, 0) is 7.05 Å². The van der Waals surface area contributed by atoms with Gasteiger partial charge in [0, 0.05) is 25.3 Å². The average Bonchev–Trinajstić information content (AvgIpc) is 2.82. The first-order chi connectivity index (χ1) is 8.02. The smallest absolute Gasteiger partial charge is 0.274 e. The summed E-state index contributed by atoms with van der Waals surface area (Å²) >= 11 is 0. The number of hydrogen-bond donors (Lipinski definition) is 1. The molecular formula is C12H20N4O. The molecule has 2 heterocycles. The third-order valence-electron chi connectivity index (χ3n) is 3.59. The third-order valence-corrected chi connectivity index (χ3v) is 3.59. The van der Waals surface area contributed by atoms with Crippen LogP contribution >= 0.6 is 0 Å². The Morgan fingerprint density at radius 3 is 2.82 bits per heavy atom. The van der Waals surface area contributed by atoms with Crippen LogP contribution in [0, 0.1) is 12.8 Å². The number of carbonyl (C=O) groups is 1. The maximum absolute atomic E-state index is 12.3. The summed E-state index contributed by atoms with van der Waals surface area (Å²) < 4.78 is 1.73. The third kappa shape index (κ3) is 2.20. The van der Waals surface area contributed by atoms with Crippen LogP contribution in [0.25, 0.3) is 0 Å². The molecule has 0 spiro atoms. The topological polar surface area (TPSA) is 64.2 Å². The highest BCUT2D eigenvalue weighted by molar-refractivity contribution is 5.92.